The van der Waals surface area contributed by atoms with Crippen LogP contribution in [0.3, 0.4) is 0 Å². The van der Waals surface area contributed by atoms with Crippen molar-refractivity contribution in [2.45, 2.75) is 248 Å². The third-order valence-electron chi connectivity index (χ3n) is 22.2. The van der Waals surface area contributed by atoms with Crippen LogP contribution in [0.4, 0.5) is 0 Å². The summed E-state index contributed by atoms with van der Waals surface area (Å²) >= 11 is 0. The summed E-state index contributed by atoms with van der Waals surface area (Å²) in [4.78, 5) is 24.5. The van der Waals surface area contributed by atoms with Crippen LogP contribution in [-0.4, -0.2) is 42.0 Å². The van der Waals surface area contributed by atoms with Crippen molar-refractivity contribution in [2.24, 2.45) is 11.8 Å². The Labute approximate surface area is 611 Å². The average Bonchev–Trinajstić information content (AvgIpc) is 0.756. The molecule has 8 aromatic carbocycles. The zero-order chi connectivity index (χ0) is 73.6. The molecule has 101 heavy (non-hydrogen) atoms. The largest absolute Gasteiger partial charge is 0.497 e. The fourth-order valence-electron chi connectivity index (χ4n) is 15.2. The first-order chi connectivity index (χ1) is 46.8. The van der Waals surface area contributed by atoms with Gasteiger partial charge in [-0.2, -0.15) is 0 Å². The minimum absolute atomic E-state index is 0.0748. The number of rotatable bonds is 13. The summed E-state index contributed by atoms with van der Waals surface area (Å²) in [6.45, 7) is 60.7. The molecule has 3 aliphatic rings. The number of piperidine rings is 3. The van der Waals surface area contributed by atoms with Crippen molar-refractivity contribution in [2.75, 3.05) is 20.2 Å². The van der Waals surface area contributed by atoms with Gasteiger partial charge in [0.2, 0.25) is 0 Å². The van der Waals surface area contributed by atoms with E-state index in [1.807, 2.05) is 12.3 Å². The number of amides is 1. The molecule has 1 amide bonds. The molecule has 5 nitrogen and oxygen atoms in total. The van der Waals surface area contributed by atoms with E-state index in [-0.39, 0.29) is 61.3 Å². The van der Waals surface area contributed by atoms with Gasteiger partial charge in [0.25, 0.3) is 5.91 Å². The minimum atomic E-state index is -1.61. The number of hydrogen-bond donors (Lipinski definition) is 1. The lowest BCUT2D eigenvalue weighted by atomic mass is 9.72. The van der Waals surface area contributed by atoms with E-state index < -0.39 is 7.92 Å². The van der Waals surface area contributed by atoms with E-state index in [1.54, 1.807) is 7.11 Å². The predicted octanol–water partition coefficient (Wildman–Crippen LogP) is 23.6. The lowest BCUT2D eigenvalue weighted by Gasteiger charge is -2.52. The van der Waals surface area contributed by atoms with Crippen molar-refractivity contribution in [1.82, 2.24) is 15.2 Å². The van der Waals surface area contributed by atoms with Crippen molar-refractivity contribution in [1.29, 1.82) is 0 Å². The topological polar surface area (TPSA) is 54.5 Å². The molecule has 4 heterocycles. The predicted molar refractivity (Wildman–Crippen MR) is 437 cm³/mol. The van der Waals surface area contributed by atoms with Gasteiger partial charge in [-0.1, -0.05) is 271 Å². The molecular weight excluding hydrogens is 1250 g/mol. The quantitative estimate of drug-likeness (QED) is 0.117. The number of benzene rings is 8. The van der Waals surface area contributed by atoms with E-state index in [9.17, 15) is 0 Å². The highest BCUT2D eigenvalue weighted by atomic mass is 31.1. The Morgan fingerprint density at radius 3 is 1.18 bits per heavy atom. The molecule has 1 unspecified atom stereocenters. The summed E-state index contributed by atoms with van der Waals surface area (Å²) < 4.78 is 5.94. The number of hydrogen-bond acceptors (Lipinski definition) is 4. The van der Waals surface area contributed by atoms with Crippen molar-refractivity contribution < 1.29 is 9.53 Å². The maximum atomic E-state index is 16.9. The van der Waals surface area contributed by atoms with Gasteiger partial charge in [0, 0.05) is 29.7 Å². The van der Waals surface area contributed by atoms with E-state index in [4.69, 9.17) is 9.72 Å². The SMILES string of the molecule is CC[C@H]1CN2CC[C@H]1C[C@H]2[C@@H](NC(=O)c1ccccc1P(c1cc(-c2cc(C(C)(C)C)cc(C(C)(C)C)c2)cc(-c2cc(C(C)(C)C)cc(C(C)(C)C)c2)c1)c1cc(-c2cc(C(C)(C)C)cc(C(C)(C)C)c2)cc(-c2cc(C(C)(C)C)cc(C(C)(C)C)c2)c1)c1ccnc2ccc(OC)cc12. The molecule has 3 fully saturated rings. The summed E-state index contributed by atoms with van der Waals surface area (Å²) in [7, 11) is 0.125. The number of pyridine rings is 1. The van der Waals surface area contributed by atoms with Crippen LogP contribution >= 0.6 is 7.92 Å². The first-order valence-corrected chi connectivity index (χ1v) is 39.0. The molecule has 0 saturated carbocycles. The van der Waals surface area contributed by atoms with Crippen LogP contribution in [0, 0.1) is 11.8 Å². The van der Waals surface area contributed by atoms with Gasteiger partial charge in [-0.15, -0.1) is 0 Å². The Morgan fingerprint density at radius 2 is 0.842 bits per heavy atom. The molecule has 0 radical (unpaired) electrons. The van der Waals surface area contributed by atoms with Gasteiger partial charge in [0.1, 0.15) is 5.75 Å². The summed E-state index contributed by atoms with van der Waals surface area (Å²) in [5.41, 5.74) is 21.5. The average molecular weight is 1370 g/mol. The van der Waals surface area contributed by atoms with Gasteiger partial charge in [0.15, 0.2) is 0 Å². The number of methoxy groups -OCH3 is 1. The summed E-state index contributed by atoms with van der Waals surface area (Å²) in [5.74, 6) is 1.91. The van der Waals surface area contributed by atoms with Gasteiger partial charge < -0.3 is 10.1 Å². The molecule has 1 N–H and O–H groups in total. The fourth-order valence-corrected chi connectivity index (χ4v) is 17.8. The zero-order valence-electron chi connectivity index (χ0n) is 66.6. The van der Waals surface area contributed by atoms with Gasteiger partial charge in [-0.25, -0.2) is 0 Å². The van der Waals surface area contributed by atoms with Gasteiger partial charge in [0.05, 0.1) is 18.7 Å². The monoisotopic (exact) mass is 1370 g/mol. The Bertz CT molecular complexity index is 4050. The number of carbonyl (C=O) groups is 1. The van der Waals surface area contributed by atoms with Gasteiger partial charge in [-0.3, -0.25) is 14.7 Å². The Morgan fingerprint density at radius 1 is 0.475 bits per heavy atom. The molecule has 1 aromatic heterocycles. The molecule has 0 spiro atoms. The van der Waals surface area contributed by atoms with Crippen LogP contribution in [0.25, 0.3) is 55.4 Å². The molecule has 5 atom stereocenters. The first-order valence-electron chi connectivity index (χ1n) is 37.7. The van der Waals surface area contributed by atoms with Crippen LogP contribution in [0.15, 0.2) is 164 Å². The van der Waals surface area contributed by atoms with Gasteiger partial charge >= 0.3 is 0 Å². The second-order valence-corrected chi connectivity index (χ2v) is 40.5. The first kappa shape index (κ1) is 75.0. The molecule has 12 rings (SSSR count). The highest BCUT2D eigenvalue weighted by Gasteiger charge is 2.44. The number of aromatic nitrogens is 1. The maximum absolute atomic E-state index is 16.9. The molecule has 0 aliphatic carbocycles. The summed E-state index contributed by atoms with van der Waals surface area (Å²) in [5, 5.41) is 8.30. The number of fused-ring (bicyclic) bond motifs is 4. The Balaban J connectivity index is 1.28. The highest BCUT2D eigenvalue weighted by Crippen LogP contribution is 2.48. The van der Waals surface area contributed by atoms with Crippen molar-refractivity contribution >= 4 is 40.6 Å². The van der Waals surface area contributed by atoms with E-state index in [0.717, 1.165) is 75.7 Å². The number of nitrogens with one attached hydrogen (secondary N) is 1. The zero-order valence-corrected chi connectivity index (χ0v) is 67.5. The molecule has 532 valence electrons. The maximum Gasteiger partial charge on any atom is 0.252 e. The van der Waals surface area contributed by atoms with Crippen molar-refractivity contribution in [3.05, 3.63) is 220 Å². The highest BCUT2D eigenvalue weighted by molar-refractivity contribution is 7.80. The number of nitrogens with zero attached hydrogens (tertiary/aromatic N) is 2. The minimum Gasteiger partial charge on any atom is -0.497 e. The number of carbonyl (C=O) groups excluding carboxylic acids is 1. The third kappa shape index (κ3) is 16.4. The van der Waals surface area contributed by atoms with E-state index in [0.29, 0.717) is 17.4 Å². The normalized spacial score (nSPS) is 17.6. The van der Waals surface area contributed by atoms with E-state index >= 15 is 4.79 Å². The number of ether oxygens (including phenoxy) is 1. The molecule has 3 saturated heterocycles. The second kappa shape index (κ2) is 27.5. The van der Waals surface area contributed by atoms with E-state index in [1.165, 1.54) is 83.8 Å². The second-order valence-electron chi connectivity index (χ2n) is 38.3. The molecule has 6 heteroatoms. The fraction of sp³-hybridized carbons (Fsp3) is 0.453. The van der Waals surface area contributed by atoms with Crippen molar-refractivity contribution in [3.63, 3.8) is 0 Å². The third-order valence-corrected chi connectivity index (χ3v) is 24.6. The lowest BCUT2D eigenvalue weighted by Crippen LogP contribution is -2.57. The van der Waals surface area contributed by atoms with Crippen LogP contribution in [0.5, 0.6) is 5.75 Å². The lowest BCUT2D eigenvalue weighted by molar-refractivity contribution is -0.0152. The molecule has 9 aromatic rings. The Hall–Kier alpha value is -7.17. The molecular formula is C95H120N3O2P. The van der Waals surface area contributed by atoms with Crippen LogP contribution in [0.2, 0.25) is 0 Å². The summed E-state index contributed by atoms with van der Waals surface area (Å²) in [6.07, 6.45) is 5.28. The van der Waals surface area contributed by atoms with Gasteiger partial charge in [-0.05, 0) is 260 Å². The standard InChI is InChI=1S/C95H120N3O2P/c1-27-59-58-98-37-35-60(59)52-84(98)86(80-34-36-96-83-33-32-77(100-26)57-82(80)83)97-87(99)81-30-28-29-31-85(81)101(78-48-61(65-40-69(88(2,3)4)53-70(41-65)89(5,6)7)38-62(49-78)66-42-71(90(8,9)10)54-72(43-66)91(11,12)13)79-50-63(67-44-73(92(14,15)16)55-74(45-67)93(17,18)19)39-64(51-79)68-46-75(94(20,21)22)56-76(47-68)95(23,24)25/h28-34,36,38-51,53-57,59-60,84,86H,27,35,37,52,58H2,1-26H3,(H,97,99)/t59-,60-,84-,86-/m0/s1. The Kier molecular flexibility index (Phi) is 20.4. The van der Waals surface area contributed by atoms with Crippen molar-refractivity contribution in [3.8, 4) is 50.3 Å². The summed E-state index contributed by atoms with van der Waals surface area (Å²) in [6, 6.07) is 61.3. The van der Waals surface area contributed by atoms with E-state index in [2.05, 4.69) is 335 Å². The van der Waals surface area contributed by atoms with Crippen LogP contribution in [-0.2, 0) is 43.3 Å². The smallest absolute Gasteiger partial charge is 0.252 e. The molecule has 2 bridgehead atoms. The molecule has 3 aliphatic heterocycles. The van der Waals surface area contributed by atoms with Crippen LogP contribution < -0.4 is 26.0 Å². The van der Waals surface area contributed by atoms with Crippen LogP contribution in [0.1, 0.15) is 259 Å².